The molecule has 0 saturated heterocycles. The molecule has 1 aromatic heterocycles. The first-order valence-corrected chi connectivity index (χ1v) is 11.5. The molecule has 5 rings (SSSR count). The van der Waals surface area contributed by atoms with Gasteiger partial charge in [0.25, 0.3) is 0 Å². The van der Waals surface area contributed by atoms with Crippen LogP contribution in [0.1, 0.15) is 65.5 Å². The third kappa shape index (κ3) is 2.99. The standard InChI is InChI=1S/C26H31N5O/c1-6-26(18-9-7-8-17(12-18)21-10-11-28-31(21)16(2)3)19-15-27-30-24(19)29-20-13-25(4,5)14-22(32)23(20)26/h7-12,15-16,24,29H,6,13-14H2,1-5H3. The minimum absolute atomic E-state index is 0.0645. The zero-order chi connectivity index (χ0) is 22.7. The Labute approximate surface area is 189 Å². The number of nitrogens with zero attached hydrogens (tertiary/aromatic N) is 4. The first kappa shape index (κ1) is 20.9. The van der Waals surface area contributed by atoms with E-state index in [0.717, 1.165) is 46.5 Å². The molecular formula is C26H31N5O. The molecule has 0 amide bonds. The van der Waals surface area contributed by atoms with Gasteiger partial charge in [-0.15, -0.1) is 0 Å². The van der Waals surface area contributed by atoms with Crippen LogP contribution < -0.4 is 5.32 Å². The monoisotopic (exact) mass is 429 g/mol. The number of benzene rings is 1. The number of allylic oxidation sites excluding steroid dienone is 2. The summed E-state index contributed by atoms with van der Waals surface area (Å²) in [5, 5.41) is 16.8. The molecule has 6 heteroatoms. The number of hydrogen-bond acceptors (Lipinski definition) is 5. The van der Waals surface area contributed by atoms with Crippen LogP contribution in [-0.4, -0.2) is 21.7 Å². The van der Waals surface area contributed by atoms with E-state index in [2.05, 4.69) is 85.6 Å². The summed E-state index contributed by atoms with van der Waals surface area (Å²) in [7, 11) is 0. The molecule has 1 N–H and O–H groups in total. The van der Waals surface area contributed by atoms with E-state index in [9.17, 15) is 4.79 Å². The first-order valence-electron chi connectivity index (χ1n) is 11.5. The van der Waals surface area contributed by atoms with Crippen molar-refractivity contribution in [2.45, 2.75) is 71.5 Å². The van der Waals surface area contributed by atoms with E-state index in [0.29, 0.717) is 6.42 Å². The second-order valence-electron chi connectivity index (χ2n) is 10.3. The van der Waals surface area contributed by atoms with Crippen molar-refractivity contribution in [1.82, 2.24) is 15.1 Å². The van der Waals surface area contributed by atoms with E-state index >= 15 is 0 Å². The summed E-state index contributed by atoms with van der Waals surface area (Å²) in [6, 6.07) is 10.9. The van der Waals surface area contributed by atoms with Crippen molar-refractivity contribution in [3.8, 4) is 11.3 Å². The third-order valence-corrected chi connectivity index (χ3v) is 7.12. The van der Waals surface area contributed by atoms with Crippen LogP contribution >= 0.6 is 0 Å². The predicted octanol–water partition coefficient (Wildman–Crippen LogP) is 5.70. The molecule has 0 bridgehead atoms. The average molecular weight is 430 g/mol. The van der Waals surface area contributed by atoms with Gasteiger partial charge < -0.3 is 5.32 Å². The predicted molar refractivity (Wildman–Crippen MR) is 125 cm³/mol. The largest absolute Gasteiger partial charge is 0.362 e. The molecule has 2 unspecified atom stereocenters. The second kappa shape index (κ2) is 7.26. The Kier molecular flexibility index (Phi) is 4.73. The number of carbonyl (C=O) groups is 1. The highest BCUT2D eigenvalue weighted by molar-refractivity contribution is 6.01. The fourth-order valence-corrected chi connectivity index (χ4v) is 5.79. The van der Waals surface area contributed by atoms with Crippen LogP contribution in [0.3, 0.4) is 0 Å². The van der Waals surface area contributed by atoms with E-state index in [-0.39, 0.29) is 23.4 Å². The lowest BCUT2D eigenvalue weighted by atomic mass is 9.58. The molecule has 2 atom stereocenters. The minimum Gasteiger partial charge on any atom is -0.362 e. The SMILES string of the molecule is CCC1(c2cccc(-c3ccnn3C(C)C)c2)C2=CN=NC2NC2=C1C(=O)CC(C)(C)C2. The van der Waals surface area contributed by atoms with Gasteiger partial charge in [-0.1, -0.05) is 39.0 Å². The summed E-state index contributed by atoms with van der Waals surface area (Å²) in [5.41, 5.74) is 5.73. The van der Waals surface area contributed by atoms with Crippen molar-refractivity contribution in [3.05, 3.63) is 65.1 Å². The normalized spacial score (nSPS) is 26.1. The van der Waals surface area contributed by atoms with Gasteiger partial charge in [0.2, 0.25) is 0 Å². The molecule has 2 aliphatic heterocycles. The summed E-state index contributed by atoms with van der Waals surface area (Å²) in [5.74, 6) is 0.231. The van der Waals surface area contributed by atoms with Crippen LogP contribution in [-0.2, 0) is 10.2 Å². The van der Waals surface area contributed by atoms with Crippen LogP contribution in [0.2, 0.25) is 0 Å². The summed E-state index contributed by atoms with van der Waals surface area (Å²) < 4.78 is 2.04. The van der Waals surface area contributed by atoms with Gasteiger partial charge in [0, 0.05) is 41.1 Å². The van der Waals surface area contributed by atoms with E-state index in [1.807, 2.05) is 17.1 Å². The van der Waals surface area contributed by atoms with Gasteiger partial charge in [0.1, 0.15) is 0 Å². The smallest absolute Gasteiger partial charge is 0.164 e. The number of fused-ring (bicyclic) bond motifs is 1. The van der Waals surface area contributed by atoms with Gasteiger partial charge in [-0.2, -0.15) is 15.3 Å². The quantitative estimate of drug-likeness (QED) is 0.677. The maximum absolute atomic E-state index is 13.6. The lowest BCUT2D eigenvalue weighted by Crippen LogP contribution is -2.51. The van der Waals surface area contributed by atoms with Crippen molar-refractivity contribution < 1.29 is 4.79 Å². The Hall–Kier alpha value is -3.02. The molecule has 1 aliphatic carbocycles. The Morgan fingerprint density at radius 3 is 2.78 bits per heavy atom. The molecule has 0 saturated carbocycles. The van der Waals surface area contributed by atoms with E-state index in [1.54, 1.807) is 0 Å². The molecule has 2 aromatic rings. The highest BCUT2D eigenvalue weighted by Crippen LogP contribution is 2.54. The lowest BCUT2D eigenvalue weighted by molar-refractivity contribution is -0.119. The second-order valence-corrected chi connectivity index (χ2v) is 10.3. The Bertz CT molecular complexity index is 1180. The first-order chi connectivity index (χ1) is 15.3. The molecule has 32 heavy (non-hydrogen) atoms. The van der Waals surface area contributed by atoms with Gasteiger partial charge >= 0.3 is 0 Å². The summed E-state index contributed by atoms with van der Waals surface area (Å²) in [6.07, 6.45) is 5.68. The van der Waals surface area contributed by atoms with E-state index in [4.69, 9.17) is 0 Å². The van der Waals surface area contributed by atoms with E-state index in [1.165, 1.54) is 0 Å². The zero-order valence-corrected chi connectivity index (χ0v) is 19.5. The summed E-state index contributed by atoms with van der Waals surface area (Å²) >= 11 is 0. The average Bonchev–Trinajstić information content (AvgIpc) is 3.41. The number of ketones is 1. The highest BCUT2D eigenvalue weighted by atomic mass is 16.1. The number of aromatic nitrogens is 2. The zero-order valence-electron chi connectivity index (χ0n) is 19.5. The minimum atomic E-state index is -0.527. The molecule has 6 nitrogen and oxygen atoms in total. The van der Waals surface area contributed by atoms with Gasteiger partial charge in [-0.3, -0.25) is 9.48 Å². The molecule has 0 spiro atoms. The van der Waals surface area contributed by atoms with Crippen molar-refractivity contribution >= 4 is 5.78 Å². The number of Topliss-reactive ketones (excluding diaryl/α,β-unsaturated/α-hetero) is 1. The molecule has 1 aromatic carbocycles. The van der Waals surface area contributed by atoms with Gasteiger partial charge in [-0.05, 0) is 49.8 Å². The molecule has 3 heterocycles. The van der Waals surface area contributed by atoms with Crippen molar-refractivity contribution in [3.63, 3.8) is 0 Å². The van der Waals surface area contributed by atoms with Crippen LogP contribution in [0.25, 0.3) is 11.3 Å². The fourth-order valence-electron chi connectivity index (χ4n) is 5.79. The van der Waals surface area contributed by atoms with Gasteiger partial charge in [0.05, 0.1) is 17.3 Å². The van der Waals surface area contributed by atoms with Crippen LogP contribution in [0.4, 0.5) is 0 Å². The maximum atomic E-state index is 13.6. The van der Waals surface area contributed by atoms with Crippen LogP contribution in [0.15, 0.2) is 69.8 Å². The Morgan fingerprint density at radius 2 is 2.03 bits per heavy atom. The Balaban J connectivity index is 1.73. The van der Waals surface area contributed by atoms with E-state index < -0.39 is 5.41 Å². The number of carbonyl (C=O) groups excluding carboxylic acids is 1. The molecule has 0 radical (unpaired) electrons. The summed E-state index contributed by atoms with van der Waals surface area (Å²) in [4.78, 5) is 13.6. The molecule has 166 valence electrons. The fraction of sp³-hybridized carbons (Fsp3) is 0.462. The Morgan fingerprint density at radius 1 is 1.22 bits per heavy atom. The van der Waals surface area contributed by atoms with Gasteiger partial charge in [-0.25, -0.2) is 0 Å². The maximum Gasteiger partial charge on any atom is 0.164 e. The topological polar surface area (TPSA) is 71.6 Å². The summed E-state index contributed by atoms with van der Waals surface area (Å²) in [6.45, 7) is 10.8. The van der Waals surface area contributed by atoms with Crippen LogP contribution in [0, 0.1) is 5.41 Å². The third-order valence-electron chi connectivity index (χ3n) is 7.12. The molecular weight excluding hydrogens is 398 g/mol. The number of nitrogens with one attached hydrogen (secondary N) is 1. The molecule has 0 fully saturated rings. The number of azo groups is 1. The van der Waals surface area contributed by atoms with Crippen molar-refractivity contribution in [2.24, 2.45) is 15.6 Å². The molecule has 3 aliphatic rings. The number of rotatable bonds is 4. The number of hydrogen-bond donors (Lipinski definition) is 1. The van der Waals surface area contributed by atoms with Crippen molar-refractivity contribution in [2.75, 3.05) is 0 Å². The van der Waals surface area contributed by atoms with Gasteiger partial charge in [0.15, 0.2) is 11.9 Å². The van der Waals surface area contributed by atoms with Crippen LogP contribution in [0.5, 0.6) is 0 Å². The van der Waals surface area contributed by atoms with Crippen molar-refractivity contribution in [1.29, 1.82) is 0 Å². The lowest BCUT2D eigenvalue weighted by Gasteiger charge is -2.47. The highest BCUT2D eigenvalue weighted by Gasteiger charge is 2.53.